The summed E-state index contributed by atoms with van der Waals surface area (Å²) in [5, 5.41) is 16.5. The molecule has 10 heteroatoms. The molecule has 0 spiro atoms. The van der Waals surface area contributed by atoms with Gasteiger partial charge in [-0.05, 0) is 80.2 Å². The number of aromatic nitrogens is 2. The van der Waals surface area contributed by atoms with E-state index >= 15 is 0 Å². The van der Waals surface area contributed by atoms with Crippen molar-refractivity contribution in [2.45, 2.75) is 39.3 Å². The molecular formula is C31H31N5O4S. The van der Waals surface area contributed by atoms with E-state index in [1.807, 2.05) is 61.2 Å². The number of aromatic carboxylic acids is 1. The number of hydrogen-bond donors (Lipinski definition) is 3. The number of ether oxygens (including phenoxy) is 1. The summed E-state index contributed by atoms with van der Waals surface area (Å²) in [5.41, 5.74) is 6.09. The van der Waals surface area contributed by atoms with Gasteiger partial charge in [0.2, 0.25) is 5.91 Å². The van der Waals surface area contributed by atoms with Gasteiger partial charge in [0, 0.05) is 41.4 Å². The Morgan fingerprint density at radius 3 is 2.56 bits per heavy atom. The molecule has 9 nitrogen and oxygen atoms in total. The molecule has 1 fully saturated rings. The highest BCUT2D eigenvalue weighted by atomic mass is 32.1. The fraction of sp³-hybridized carbons (Fsp3) is 0.226. The molecule has 0 bridgehead atoms. The van der Waals surface area contributed by atoms with Crippen LogP contribution in [0.4, 0.5) is 11.4 Å². The number of aryl methyl sites for hydroxylation is 1. The minimum atomic E-state index is -0.978. The Morgan fingerprint density at radius 1 is 1.07 bits per heavy atom. The summed E-state index contributed by atoms with van der Waals surface area (Å²) in [4.78, 5) is 30.4. The molecule has 0 saturated carbocycles. The first-order chi connectivity index (χ1) is 19.7. The van der Waals surface area contributed by atoms with Crippen LogP contribution < -0.4 is 20.3 Å². The lowest BCUT2D eigenvalue weighted by Gasteiger charge is -2.29. The second kappa shape index (κ2) is 11.4. The average Bonchev–Trinajstić information content (AvgIpc) is 3.48. The third-order valence-electron chi connectivity index (χ3n) is 7.30. The molecule has 41 heavy (non-hydrogen) atoms. The quantitative estimate of drug-likeness (QED) is 0.231. The van der Waals surface area contributed by atoms with E-state index in [0.717, 1.165) is 34.0 Å². The molecule has 1 aliphatic heterocycles. The monoisotopic (exact) mass is 569 g/mol. The SMILES string of the molecule is CCC(=O)Nc1ccc(N2C(=S)N[C@@H](c3ccccn3)[C@H]2c2cc(C)n(-c3cccc(C(=O)O)c3)c2C)cc1OC. The predicted molar refractivity (Wildman–Crippen MR) is 162 cm³/mol. The van der Waals surface area contributed by atoms with Gasteiger partial charge in [-0.3, -0.25) is 9.78 Å². The molecule has 3 heterocycles. The first-order valence-corrected chi connectivity index (χ1v) is 13.7. The zero-order chi connectivity index (χ0) is 29.3. The van der Waals surface area contributed by atoms with Crippen molar-refractivity contribution in [2.75, 3.05) is 17.3 Å². The number of nitrogens with one attached hydrogen (secondary N) is 2. The lowest BCUT2D eigenvalue weighted by Crippen LogP contribution is -2.29. The van der Waals surface area contributed by atoms with Crippen LogP contribution in [-0.2, 0) is 4.79 Å². The van der Waals surface area contributed by atoms with E-state index in [2.05, 4.69) is 26.3 Å². The Morgan fingerprint density at radius 2 is 1.88 bits per heavy atom. The first kappa shape index (κ1) is 27.9. The van der Waals surface area contributed by atoms with Crippen LogP contribution in [0.25, 0.3) is 5.69 Å². The van der Waals surface area contributed by atoms with Gasteiger partial charge in [0.25, 0.3) is 0 Å². The molecular weight excluding hydrogens is 538 g/mol. The Kier molecular flexibility index (Phi) is 7.76. The van der Waals surface area contributed by atoms with E-state index in [0.29, 0.717) is 23.0 Å². The molecule has 2 aromatic heterocycles. The zero-order valence-electron chi connectivity index (χ0n) is 23.2. The van der Waals surface area contributed by atoms with Crippen molar-refractivity contribution in [3.63, 3.8) is 0 Å². The van der Waals surface area contributed by atoms with Gasteiger partial charge in [-0.1, -0.05) is 19.1 Å². The molecule has 0 radical (unpaired) electrons. The van der Waals surface area contributed by atoms with Crippen molar-refractivity contribution >= 4 is 40.6 Å². The fourth-order valence-corrected chi connectivity index (χ4v) is 5.73. The fourth-order valence-electron chi connectivity index (χ4n) is 5.38. The van der Waals surface area contributed by atoms with Crippen molar-refractivity contribution in [1.82, 2.24) is 14.9 Å². The number of rotatable bonds is 8. The number of carbonyl (C=O) groups is 2. The van der Waals surface area contributed by atoms with E-state index < -0.39 is 5.97 Å². The average molecular weight is 570 g/mol. The smallest absolute Gasteiger partial charge is 0.335 e. The molecule has 2 atom stereocenters. The molecule has 0 unspecified atom stereocenters. The number of anilines is 2. The van der Waals surface area contributed by atoms with E-state index in [1.54, 1.807) is 38.4 Å². The number of hydrogen-bond acceptors (Lipinski definition) is 5. The number of amides is 1. The standard InChI is InChI=1S/C31H31N5O4S/c1-5-27(37)33-24-13-12-22(17-26(24)40-4)36-29(28(34-31(36)41)25-11-6-7-14-32-25)23-15-18(2)35(19(23)3)21-10-8-9-20(16-21)30(38)39/h6-17,28-29H,5H2,1-4H3,(H,33,37)(H,34,41)(H,38,39)/t28-,29+/m0/s1. The highest BCUT2D eigenvalue weighted by Crippen LogP contribution is 2.45. The first-order valence-electron chi connectivity index (χ1n) is 13.2. The summed E-state index contributed by atoms with van der Waals surface area (Å²) in [5.74, 6) is -0.571. The van der Waals surface area contributed by atoms with Gasteiger partial charge in [-0.25, -0.2) is 4.79 Å². The predicted octanol–water partition coefficient (Wildman–Crippen LogP) is 5.72. The number of benzene rings is 2. The van der Waals surface area contributed by atoms with Crippen LogP contribution in [0.3, 0.4) is 0 Å². The minimum absolute atomic E-state index is 0.109. The van der Waals surface area contributed by atoms with E-state index in [9.17, 15) is 14.7 Å². The van der Waals surface area contributed by atoms with Crippen LogP contribution in [0.2, 0.25) is 0 Å². The van der Waals surface area contributed by atoms with Gasteiger partial charge in [0.15, 0.2) is 5.11 Å². The molecule has 1 aliphatic rings. The van der Waals surface area contributed by atoms with Crippen LogP contribution >= 0.6 is 12.2 Å². The second-order valence-corrected chi connectivity index (χ2v) is 10.2. The van der Waals surface area contributed by atoms with Gasteiger partial charge >= 0.3 is 5.97 Å². The largest absolute Gasteiger partial charge is 0.494 e. The van der Waals surface area contributed by atoms with Gasteiger partial charge in [0.1, 0.15) is 5.75 Å². The topological polar surface area (TPSA) is 109 Å². The van der Waals surface area contributed by atoms with Crippen molar-refractivity contribution in [3.05, 3.63) is 101 Å². The summed E-state index contributed by atoms with van der Waals surface area (Å²) < 4.78 is 7.70. The number of nitrogens with zero attached hydrogens (tertiary/aromatic N) is 3. The summed E-state index contributed by atoms with van der Waals surface area (Å²) in [6, 6.07) is 19.8. The third kappa shape index (κ3) is 5.26. The van der Waals surface area contributed by atoms with Crippen LogP contribution in [-0.4, -0.2) is 38.8 Å². The molecule has 0 aliphatic carbocycles. The van der Waals surface area contributed by atoms with Crippen molar-refractivity contribution in [1.29, 1.82) is 0 Å². The number of carbonyl (C=O) groups excluding carboxylic acids is 1. The molecule has 1 amide bonds. The van der Waals surface area contributed by atoms with Gasteiger partial charge in [-0.15, -0.1) is 0 Å². The third-order valence-corrected chi connectivity index (χ3v) is 7.61. The van der Waals surface area contributed by atoms with Crippen molar-refractivity contribution in [3.8, 4) is 11.4 Å². The summed E-state index contributed by atoms with van der Waals surface area (Å²) >= 11 is 5.90. The Bertz CT molecular complexity index is 1630. The molecule has 210 valence electrons. The van der Waals surface area contributed by atoms with Crippen LogP contribution in [0.15, 0.2) is 72.9 Å². The van der Waals surface area contributed by atoms with E-state index in [-0.39, 0.29) is 23.6 Å². The molecule has 4 aromatic rings. The van der Waals surface area contributed by atoms with Gasteiger partial charge in [0.05, 0.1) is 36.1 Å². The second-order valence-electron chi connectivity index (χ2n) is 9.80. The zero-order valence-corrected chi connectivity index (χ0v) is 24.0. The highest BCUT2D eigenvalue weighted by molar-refractivity contribution is 7.80. The van der Waals surface area contributed by atoms with Crippen LogP contribution in [0.1, 0.15) is 58.4 Å². The Balaban J connectivity index is 1.65. The number of carboxylic acids is 1. The van der Waals surface area contributed by atoms with Gasteiger partial charge < -0.3 is 29.9 Å². The number of carboxylic acid groups (broad SMARTS) is 1. The normalized spacial score (nSPS) is 16.4. The molecule has 3 N–H and O–H groups in total. The molecule has 1 saturated heterocycles. The number of pyridine rings is 1. The Hall–Kier alpha value is -4.70. The maximum absolute atomic E-state index is 12.1. The van der Waals surface area contributed by atoms with Crippen molar-refractivity contribution in [2.24, 2.45) is 0 Å². The Labute approximate surface area is 243 Å². The number of thiocarbonyl (C=S) groups is 1. The molecule has 2 aromatic carbocycles. The lowest BCUT2D eigenvalue weighted by atomic mass is 9.96. The van der Waals surface area contributed by atoms with Crippen LogP contribution in [0.5, 0.6) is 5.75 Å². The maximum Gasteiger partial charge on any atom is 0.335 e. The summed E-state index contributed by atoms with van der Waals surface area (Å²) in [7, 11) is 1.56. The summed E-state index contributed by atoms with van der Waals surface area (Å²) in [6.07, 6.45) is 2.11. The van der Waals surface area contributed by atoms with Gasteiger partial charge in [-0.2, -0.15) is 0 Å². The lowest BCUT2D eigenvalue weighted by molar-refractivity contribution is -0.115. The highest BCUT2D eigenvalue weighted by Gasteiger charge is 2.42. The minimum Gasteiger partial charge on any atom is -0.494 e. The van der Waals surface area contributed by atoms with E-state index in [4.69, 9.17) is 17.0 Å². The summed E-state index contributed by atoms with van der Waals surface area (Å²) in [6.45, 7) is 5.81. The van der Waals surface area contributed by atoms with Crippen LogP contribution in [0, 0.1) is 13.8 Å². The van der Waals surface area contributed by atoms with E-state index in [1.165, 1.54) is 0 Å². The molecule has 5 rings (SSSR count). The number of methoxy groups -OCH3 is 1. The maximum atomic E-state index is 12.1. The van der Waals surface area contributed by atoms with Crippen molar-refractivity contribution < 1.29 is 19.4 Å².